The van der Waals surface area contributed by atoms with Gasteiger partial charge in [-0.1, -0.05) is 39.0 Å². The Labute approximate surface area is 188 Å². The van der Waals surface area contributed by atoms with Gasteiger partial charge in [-0.25, -0.2) is 13.2 Å². The number of esters is 1. The molecule has 1 aromatic heterocycles. The van der Waals surface area contributed by atoms with Gasteiger partial charge < -0.3 is 10.1 Å². The van der Waals surface area contributed by atoms with Crippen LogP contribution < -0.4 is 5.32 Å². The first-order valence-corrected chi connectivity index (χ1v) is 12.9. The van der Waals surface area contributed by atoms with Gasteiger partial charge in [0.05, 0.1) is 22.6 Å². The van der Waals surface area contributed by atoms with Gasteiger partial charge in [-0.05, 0) is 48.6 Å². The molecule has 8 heteroatoms. The Bertz CT molecular complexity index is 1170. The number of nitrogens with one attached hydrogen (secondary N) is 1. The van der Waals surface area contributed by atoms with Gasteiger partial charge in [-0.2, -0.15) is 0 Å². The van der Waals surface area contributed by atoms with Crippen LogP contribution in [0.5, 0.6) is 0 Å². The number of sulfone groups is 1. The lowest BCUT2D eigenvalue weighted by molar-refractivity contribution is -0.124. The lowest BCUT2D eigenvalue weighted by Crippen LogP contribution is -2.38. The predicted molar refractivity (Wildman–Crippen MR) is 122 cm³/mol. The number of carbonyl (C=O) groups excluding carboxylic acids is 2. The molecule has 1 amide bonds. The van der Waals surface area contributed by atoms with Gasteiger partial charge in [0.25, 0.3) is 5.91 Å². The monoisotopic (exact) mass is 458 g/mol. The molecule has 4 rings (SSSR count). The number of hydrogen-bond donors (Lipinski definition) is 1. The zero-order valence-corrected chi connectivity index (χ0v) is 19.6. The highest BCUT2D eigenvalue weighted by Crippen LogP contribution is 2.39. The number of fused-ring (bicyclic) bond motifs is 2. The second kappa shape index (κ2) is 8.46. The van der Waals surface area contributed by atoms with Crippen molar-refractivity contribution in [2.45, 2.75) is 52.5 Å². The second-order valence-corrected chi connectivity index (χ2v) is 12.2. The Balaban J connectivity index is 1.56. The van der Waals surface area contributed by atoms with Crippen LogP contribution >= 0.6 is 0 Å². The third kappa shape index (κ3) is 4.80. The van der Waals surface area contributed by atoms with Gasteiger partial charge in [0.15, 0.2) is 16.4 Å². The molecule has 1 N–H and O–H groups in total. The minimum atomic E-state index is -3.10. The van der Waals surface area contributed by atoms with Gasteiger partial charge in [0.2, 0.25) is 0 Å². The number of carbonyl (C=O) groups is 2. The molecule has 2 heterocycles. The predicted octanol–water partition coefficient (Wildman–Crippen LogP) is 2.85. The van der Waals surface area contributed by atoms with Crippen molar-refractivity contribution < 1.29 is 22.7 Å². The van der Waals surface area contributed by atoms with Crippen molar-refractivity contribution in [3.05, 3.63) is 41.1 Å². The Morgan fingerprint density at radius 1 is 1.19 bits per heavy atom. The topological polar surface area (TPSA) is 102 Å². The summed E-state index contributed by atoms with van der Waals surface area (Å²) in [5.41, 5.74) is 3.19. The van der Waals surface area contributed by atoms with E-state index in [0.29, 0.717) is 17.9 Å². The van der Waals surface area contributed by atoms with E-state index in [1.807, 2.05) is 24.3 Å². The molecule has 1 aromatic carbocycles. The first-order valence-electron chi connectivity index (χ1n) is 11.1. The molecule has 1 fully saturated rings. The highest BCUT2D eigenvalue weighted by atomic mass is 32.2. The molecule has 2 aliphatic rings. The Kier molecular flexibility index (Phi) is 6.00. The van der Waals surface area contributed by atoms with Crippen molar-refractivity contribution in [3.8, 4) is 0 Å². The van der Waals surface area contributed by atoms with E-state index in [1.165, 1.54) is 0 Å². The number of para-hydroxylation sites is 1. The van der Waals surface area contributed by atoms with Crippen LogP contribution in [0.15, 0.2) is 24.3 Å². The number of nitrogens with zero attached hydrogens (tertiary/aromatic N) is 1. The lowest BCUT2D eigenvalue weighted by atomic mass is 9.70. The number of aryl methyl sites for hydroxylation is 1. The molecular formula is C24H30N2O5S. The maximum Gasteiger partial charge on any atom is 0.339 e. The van der Waals surface area contributed by atoms with Crippen LogP contribution in [0.2, 0.25) is 0 Å². The van der Waals surface area contributed by atoms with Crippen LogP contribution in [0.3, 0.4) is 0 Å². The van der Waals surface area contributed by atoms with Gasteiger partial charge in [0, 0.05) is 17.1 Å². The van der Waals surface area contributed by atoms with Crippen LogP contribution in [0.4, 0.5) is 0 Å². The Morgan fingerprint density at radius 3 is 2.62 bits per heavy atom. The van der Waals surface area contributed by atoms with Crippen LogP contribution in [0.25, 0.3) is 10.9 Å². The molecule has 0 unspecified atom stereocenters. The SMILES string of the molecule is CC(C)(C)[C@H]1CCc2nc3ccccc3c(C(=O)OCC(=O)N[C@@H]3CCS(=O)(=O)C3)c2C1. The van der Waals surface area contributed by atoms with Crippen LogP contribution in [0.1, 0.15) is 55.2 Å². The van der Waals surface area contributed by atoms with E-state index >= 15 is 0 Å². The number of amides is 1. The van der Waals surface area contributed by atoms with Crippen molar-refractivity contribution in [2.75, 3.05) is 18.1 Å². The summed E-state index contributed by atoms with van der Waals surface area (Å²) < 4.78 is 28.6. The van der Waals surface area contributed by atoms with Crippen molar-refractivity contribution in [2.24, 2.45) is 11.3 Å². The van der Waals surface area contributed by atoms with Gasteiger partial charge in [-0.15, -0.1) is 0 Å². The molecule has 0 saturated carbocycles. The zero-order valence-electron chi connectivity index (χ0n) is 18.8. The van der Waals surface area contributed by atoms with Crippen LogP contribution in [0, 0.1) is 11.3 Å². The molecule has 2 aromatic rings. The first-order chi connectivity index (χ1) is 15.0. The smallest absolute Gasteiger partial charge is 0.339 e. The molecule has 2 atom stereocenters. The summed E-state index contributed by atoms with van der Waals surface area (Å²) in [5, 5.41) is 3.39. The van der Waals surface area contributed by atoms with E-state index < -0.39 is 34.4 Å². The summed E-state index contributed by atoms with van der Waals surface area (Å²) in [4.78, 5) is 30.3. The minimum Gasteiger partial charge on any atom is -0.452 e. The van der Waals surface area contributed by atoms with Crippen molar-refractivity contribution in [3.63, 3.8) is 0 Å². The number of pyridine rings is 1. The summed E-state index contributed by atoms with van der Waals surface area (Å²) in [7, 11) is -3.10. The molecule has 0 spiro atoms. The average Bonchev–Trinajstić information content (AvgIpc) is 3.07. The standard InChI is InChI=1S/C24H30N2O5S/c1-24(2,3)15-8-9-20-18(12-15)22(17-6-4-5-7-19(17)26-20)23(28)31-13-21(27)25-16-10-11-32(29,30)14-16/h4-7,15-16H,8-14H2,1-3H3,(H,25,27)/t15-,16+/m0/s1. The number of ether oxygens (including phenoxy) is 1. The van der Waals surface area contributed by atoms with Crippen LogP contribution in [-0.4, -0.2) is 49.4 Å². The highest BCUT2D eigenvalue weighted by Gasteiger charge is 2.33. The number of benzene rings is 1. The first kappa shape index (κ1) is 22.7. The third-order valence-electron chi connectivity index (χ3n) is 6.62. The Hall–Kier alpha value is -2.48. The van der Waals surface area contributed by atoms with Crippen LogP contribution in [-0.2, 0) is 32.2 Å². The maximum atomic E-state index is 13.2. The quantitative estimate of drug-likeness (QED) is 0.707. The second-order valence-electron chi connectivity index (χ2n) is 9.98. The highest BCUT2D eigenvalue weighted by molar-refractivity contribution is 7.91. The number of aromatic nitrogens is 1. The summed E-state index contributed by atoms with van der Waals surface area (Å²) in [6.07, 6.45) is 2.95. The fourth-order valence-corrected chi connectivity index (χ4v) is 6.42. The number of hydrogen-bond acceptors (Lipinski definition) is 6. The minimum absolute atomic E-state index is 0.0661. The molecule has 172 valence electrons. The van der Waals surface area contributed by atoms with E-state index in [9.17, 15) is 18.0 Å². The molecule has 7 nitrogen and oxygen atoms in total. The summed E-state index contributed by atoms with van der Waals surface area (Å²) in [6, 6.07) is 7.08. The van der Waals surface area contributed by atoms with Gasteiger partial charge >= 0.3 is 5.97 Å². The van der Waals surface area contributed by atoms with E-state index in [0.717, 1.165) is 41.4 Å². The van der Waals surface area contributed by atoms with E-state index in [1.54, 1.807) is 0 Å². The summed E-state index contributed by atoms with van der Waals surface area (Å²) >= 11 is 0. The fraction of sp³-hybridized carbons (Fsp3) is 0.542. The van der Waals surface area contributed by atoms with E-state index in [2.05, 4.69) is 26.1 Å². The third-order valence-corrected chi connectivity index (χ3v) is 8.39. The zero-order chi connectivity index (χ0) is 23.1. The average molecular weight is 459 g/mol. The van der Waals surface area contributed by atoms with Crippen molar-refractivity contribution in [1.29, 1.82) is 0 Å². The Morgan fingerprint density at radius 2 is 1.94 bits per heavy atom. The fourth-order valence-electron chi connectivity index (χ4n) is 4.74. The molecule has 1 saturated heterocycles. The maximum absolute atomic E-state index is 13.2. The summed E-state index contributed by atoms with van der Waals surface area (Å²) in [5.74, 6) is -0.605. The van der Waals surface area contributed by atoms with E-state index in [4.69, 9.17) is 9.72 Å². The largest absolute Gasteiger partial charge is 0.452 e. The molecule has 0 bridgehead atoms. The van der Waals surface area contributed by atoms with Gasteiger partial charge in [0.1, 0.15) is 0 Å². The van der Waals surface area contributed by atoms with Crippen molar-refractivity contribution in [1.82, 2.24) is 10.3 Å². The number of rotatable bonds is 4. The van der Waals surface area contributed by atoms with Gasteiger partial charge in [-0.3, -0.25) is 9.78 Å². The molecule has 1 aliphatic carbocycles. The molecular weight excluding hydrogens is 428 g/mol. The van der Waals surface area contributed by atoms with Crippen molar-refractivity contribution >= 4 is 32.6 Å². The molecule has 32 heavy (non-hydrogen) atoms. The summed E-state index contributed by atoms with van der Waals surface area (Å²) in [6.45, 7) is 6.19. The molecule has 0 radical (unpaired) electrons. The lowest BCUT2D eigenvalue weighted by Gasteiger charge is -2.35. The molecule has 1 aliphatic heterocycles. The normalized spacial score (nSPS) is 22.3. The van der Waals surface area contributed by atoms with E-state index in [-0.39, 0.29) is 16.9 Å².